The van der Waals surface area contributed by atoms with Gasteiger partial charge in [0.15, 0.2) is 5.65 Å². The first-order valence-electron chi connectivity index (χ1n) is 7.50. The summed E-state index contributed by atoms with van der Waals surface area (Å²) in [5, 5.41) is 6.16. The third kappa shape index (κ3) is 4.42. The third-order valence-electron chi connectivity index (χ3n) is 3.05. The smallest absolute Gasteiger partial charge is 0.376 e. The van der Waals surface area contributed by atoms with Gasteiger partial charge in [0.1, 0.15) is 5.03 Å². The highest BCUT2D eigenvalue weighted by atomic mass is 32.2. The number of nitrogens with zero attached hydrogens (tertiary/aromatic N) is 5. The van der Waals surface area contributed by atoms with E-state index in [1.54, 1.807) is 0 Å². The highest BCUT2D eigenvalue weighted by Gasteiger charge is 2.19. The van der Waals surface area contributed by atoms with Crippen molar-refractivity contribution < 1.29 is 9.53 Å². The minimum Gasteiger partial charge on any atom is -0.463 e. The van der Waals surface area contributed by atoms with Gasteiger partial charge in [-0.3, -0.25) is 0 Å². The Morgan fingerprint density at radius 2 is 1.96 bits per heavy atom. The van der Waals surface area contributed by atoms with E-state index in [-0.39, 0.29) is 5.82 Å². The average Bonchev–Trinajstić information content (AvgIpc) is 2.89. The van der Waals surface area contributed by atoms with Crippen molar-refractivity contribution in [1.29, 1.82) is 0 Å². The van der Waals surface area contributed by atoms with Crippen molar-refractivity contribution in [2.75, 3.05) is 34.0 Å². The lowest BCUT2D eigenvalue weighted by Gasteiger charge is -2.10. The van der Waals surface area contributed by atoms with Crippen molar-refractivity contribution in [2.45, 2.75) is 32.3 Å². The molecule has 0 N–H and O–H groups in total. The molecule has 0 saturated carbocycles. The Labute approximate surface area is 141 Å². The Morgan fingerprint density at radius 1 is 1.30 bits per heavy atom. The Bertz CT molecular complexity index is 669. The summed E-state index contributed by atoms with van der Waals surface area (Å²) in [5.74, 6) is -0.467. The summed E-state index contributed by atoms with van der Waals surface area (Å²) in [7, 11) is 5.32. The fraction of sp³-hybridized carbons (Fsp3) is 0.600. The standard InChI is InChI=1S/C13H19N5O2S.C2H6/c1-8-9-11(18(16-8)7-6-17(2)3)14-10(13(19)20-4)15-12(9)21-5;1-2/h6-7H2,1-5H3;1-2H3. The maximum Gasteiger partial charge on any atom is 0.376 e. The van der Waals surface area contributed by atoms with Crippen molar-refractivity contribution in [2.24, 2.45) is 0 Å². The lowest BCUT2D eigenvalue weighted by Crippen LogP contribution is -2.19. The van der Waals surface area contributed by atoms with Crippen LogP contribution < -0.4 is 0 Å². The summed E-state index contributed by atoms with van der Waals surface area (Å²) in [6, 6.07) is 0. The van der Waals surface area contributed by atoms with Gasteiger partial charge in [0.2, 0.25) is 5.82 Å². The molecule has 0 aliphatic rings. The zero-order valence-electron chi connectivity index (χ0n) is 14.9. The number of carbonyl (C=O) groups is 1. The molecule has 0 unspecified atom stereocenters. The number of hydrogen-bond acceptors (Lipinski definition) is 7. The Kier molecular flexibility index (Phi) is 7.44. The second-order valence-electron chi connectivity index (χ2n) is 4.86. The lowest BCUT2D eigenvalue weighted by molar-refractivity contribution is 0.0586. The second kappa shape index (κ2) is 8.83. The van der Waals surface area contributed by atoms with Gasteiger partial charge in [-0.25, -0.2) is 19.4 Å². The van der Waals surface area contributed by atoms with E-state index in [0.717, 1.165) is 22.7 Å². The number of rotatable bonds is 5. The summed E-state index contributed by atoms with van der Waals surface area (Å²) >= 11 is 1.47. The van der Waals surface area contributed by atoms with E-state index >= 15 is 0 Å². The van der Waals surface area contributed by atoms with Crippen LogP contribution in [0.5, 0.6) is 0 Å². The van der Waals surface area contributed by atoms with E-state index in [9.17, 15) is 4.79 Å². The second-order valence-corrected chi connectivity index (χ2v) is 5.65. The van der Waals surface area contributed by atoms with Crippen LogP contribution in [0, 0.1) is 6.92 Å². The first-order chi connectivity index (χ1) is 11.0. The molecule has 0 spiro atoms. The summed E-state index contributed by atoms with van der Waals surface area (Å²) < 4.78 is 6.54. The van der Waals surface area contributed by atoms with Crippen molar-refractivity contribution in [3.8, 4) is 0 Å². The number of methoxy groups -OCH3 is 1. The fourth-order valence-electron chi connectivity index (χ4n) is 1.99. The van der Waals surface area contributed by atoms with Crippen molar-refractivity contribution in [3.63, 3.8) is 0 Å². The quantitative estimate of drug-likeness (QED) is 0.470. The van der Waals surface area contributed by atoms with Crippen LogP contribution in [0.3, 0.4) is 0 Å². The minimum atomic E-state index is -0.537. The predicted molar refractivity (Wildman–Crippen MR) is 93.1 cm³/mol. The van der Waals surface area contributed by atoms with Gasteiger partial charge in [0, 0.05) is 6.54 Å². The number of fused-ring (bicyclic) bond motifs is 1. The van der Waals surface area contributed by atoms with Gasteiger partial charge in [0.05, 0.1) is 24.7 Å². The molecule has 0 bridgehead atoms. The molecule has 0 amide bonds. The van der Waals surface area contributed by atoms with Crippen LogP contribution in [-0.4, -0.2) is 64.6 Å². The first-order valence-corrected chi connectivity index (χ1v) is 8.72. The molecule has 0 aliphatic carbocycles. The number of ether oxygens (including phenoxy) is 1. The van der Waals surface area contributed by atoms with Crippen LogP contribution in [-0.2, 0) is 11.3 Å². The molecule has 0 aromatic carbocycles. The molecule has 0 atom stereocenters. The van der Waals surface area contributed by atoms with Crippen molar-refractivity contribution in [3.05, 3.63) is 11.5 Å². The number of aromatic nitrogens is 4. The van der Waals surface area contributed by atoms with Crippen molar-refractivity contribution in [1.82, 2.24) is 24.6 Å². The molecule has 0 fully saturated rings. The van der Waals surface area contributed by atoms with Gasteiger partial charge in [-0.15, -0.1) is 11.8 Å². The van der Waals surface area contributed by atoms with Crippen LogP contribution in [0.1, 0.15) is 30.2 Å². The maximum absolute atomic E-state index is 11.7. The number of esters is 1. The van der Waals surface area contributed by atoms with Gasteiger partial charge >= 0.3 is 5.97 Å². The van der Waals surface area contributed by atoms with E-state index in [4.69, 9.17) is 4.74 Å². The van der Waals surface area contributed by atoms with Gasteiger partial charge < -0.3 is 9.64 Å². The number of carbonyl (C=O) groups excluding carboxylic acids is 1. The topological polar surface area (TPSA) is 73.1 Å². The average molecular weight is 339 g/mol. The van der Waals surface area contributed by atoms with Crippen LogP contribution in [0.2, 0.25) is 0 Å². The molecule has 2 aromatic heterocycles. The molecular weight excluding hydrogens is 314 g/mol. The van der Waals surface area contributed by atoms with E-state index in [1.807, 2.05) is 45.8 Å². The highest BCUT2D eigenvalue weighted by molar-refractivity contribution is 7.98. The van der Waals surface area contributed by atoms with Crippen LogP contribution in [0.15, 0.2) is 5.03 Å². The largest absolute Gasteiger partial charge is 0.463 e. The monoisotopic (exact) mass is 339 g/mol. The Hall–Kier alpha value is -1.67. The molecule has 2 aromatic rings. The van der Waals surface area contributed by atoms with Crippen LogP contribution in [0.4, 0.5) is 0 Å². The number of thioether (sulfide) groups is 1. The van der Waals surface area contributed by atoms with Gasteiger partial charge in [0.25, 0.3) is 0 Å². The predicted octanol–water partition coefficient (Wildman–Crippen LogP) is 2.23. The Morgan fingerprint density at radius 3 is 2.48 bits per heavy atom. The number of likely N-dealkylation sites (N-methyl/N-ethyl adjacent to an activating group) is 1. The SMILES string of the molecule is CC.COC(=O)c1nc(SC)c2c(C)nn(CCN(C)C)c2n1. The molecule has 7 nitrogen and oxygen atoms in total. The highest BCUT2D eigenvalue weighted by Crippen LogP contribution is 2.26. The zero-order valence-corrected chi connectivity index (χ0v) is 15.7. The van der Waals surface area contributed by atoms with Gasteiger partial charge in [-0.05, 0) is 27.3 Å². The number of aryl methyl sites for hydroxylation is 1. The third-order valence-corrected chi connectivity index (χ3v) is 3.74. The normalized spacial score (nSPS) is 10.6. The Balaban J connectivity index is 0.00000127. The lowest BCUT2D eigenvalue weighted by atomic mass is 10.3. The molecule has 0 saturated heterocycles. The minimum absolute atomic E-state index is 0.0698. The fourth-order valence-corrected chi connectivity index (χ4v) is 2.61. The molecule has 2 heterocycles. The summed E-state index contributed by atoms with van der Waals surface area (Å²) in [4.78, 5) is 22.4. The molecule has 8 heteroatoms. The number of hydrogen-bond donors (Lipinski definition) is 0. The van der Waals surface area contributed by atoms with E-state index in [0.29, 0.717) is 12.2 Å². The molecule has 128 valence electrons. The molecular formula is C15H25N5O2S. The molecule has 0 radical (unpaired) electrons. The van der Waals surface area contributed by atoms with Gasteiger partial charge in [-0.1, -0.05) is 13.8 Å². The van der Waals surface area contributed by atoms with Crippen LogP contribution in [0.25, 0.3) is 11.0 Å². The zero-order chi connectivity index (χ0) is 17.6. The molecule has 2 rings (SSSR count). The van der Waals surface area contributed by atoms with Crippen LogP contribution >= 0.6 is 11.8 Å². The summed E-state index contributed by atoms with van der Waals surface area (Å²) in [6.07, 6.45) is 1.92. The first kappa shape index (κ1) is 19.4. The van der Waals surface area contributed by atoms with Crippen molar-refractivity contribution >= 4 is 28.8 Å². The summed E-state index contributed by atoms with van der Waals surface area (Å²) in [5.41, 5.74) is 1.54. The maximum atomic E-state index is 11.7. The van der Waals surface area contributed by atoms with E-state index in [2.05, 4.69) is 20.0 Å². The molecule has 0 aliphatic heterocycles. The van der Waals surface area contributed by atoms with E-state index in [1.165, 1.54) is 18.9 Å². The van der Waals surface area contributed by atoms with E-state index < -0.39 is 5.97 Å². The molecule has 23 heavy (non-hydrogen) atoms. The summed E-state index contributed by atoms with van der Waals surface area (Å²) in [6.45, 7) is 7.46. The van der Waals surface area contributed by atoms with Gasteiger partial charge in [-0.2, -0.15) is 5.10 Å².